The van der Waals surface area contributed by atoms with E-state index in [1.807, 2.05) is 61.5 Å². The molecule has 1 heterocycles. The zero-order valence-corrected chi connectivity index (χ0v) is 16.2. The summed E-state index contributed by atoms with van der Waals surface area (Å²) in [5.41, 5.74) is 4.11. The van der Waals surface area contributed by atoms with Gasteiger partial charge in [0.15, 0.2) is 0 Å². The Balaban J connectivity index is 2.06. The number of benzene rings is 2. The minimum Gasteiger partial charge on any atom is -0.497 e. The average Bonchev–Trinajstić information content (AvgIpc) is 3.11. The Kier molecular flexibility index (Phi) is 5.60. The van der Waals surface area contributed by atoms with Crippen LogP contribution in [0.2, 0.25) is 0 Å². The highest BCUT2D eigenvalue weighted by Crippen LogP contribution is 2.25. The van der Waals surface area contributed by atoms with Gasteiger partial charge in [0.25, 0.3) is 5.91 Å². The molecule has 1 aromatic heterocycles. The number of carbonyl (C=O) groups excluding carboxylic acids is 1. The summed E-state index contributed by atoms with van der Waals surface area (Å²) in [6.07, 6.45) is 0. The zero-order chi connectivity index (χ0) is 19.4. The summed E-state index contributed by atoms with van der Waals surface area (Å²) in [6, 6.07) is 17.5. The first kappa shape index (κ1) is 18.7. The van der Waals surface area contributed by atoms with Crippen LogP contribution in [0.4, 0.5) is 0 Å². The fourth-order valence-corrected chi connectivity index (χ4v) is 2.81. The molecule has 0 aliphatic rings. The Morgan fingerprint density at radius 3 is 2.63 bits per heavy atom. The van der Waals surface area contributed by atoms with Crippen molar-refractivity contribution in [3.63, 3.8) is 0 Å². The van der Waals surface area contributed by atoms with Crippen LogP contribution in [0.25, 0.3) is 16.9 Å². The molecule has 0 radical (unpaired) electrons. The van der Waals surface area contributed by atoms with E-state index in [2.05, 4.69) is 19.2 Å². The number of ether oxygens (including phenoxy) is 1. The smallest absolute Gasteiger partial charge is 0.270 e. The number of amides is 1. The molecule has 3 rings (SSSR count). The van der Waals surface area contributed by atoms with E-state index in [9.17, 15) is 4.79 Å². The van der Waals surface area contributed by atoms with Gasteiger partial charge in [-0.25, -0.2) is 4.68 Å². The summed E-state index contributed by atoms with van der Waals surface area (Å²) in [6.45, 7) is 6.78. The Bertz CT molecular complexity index is 944. The third-order valence-electron chi connectivity index (χ3n) is 4.22. The van der Waals surface area contributed by atoms with E-state index in [4.69, 9.17) is 9.84 Å². The second-order valence-electron chi connectivity index (χ2n) is 7.00. The number of hydrogen-bond acceptors (Lipinski definition) is 3. The van der Waals surface area contributed by atoms with Crippen LogP contribution in [-0.4, -0.2) is 29.3 Å². The first-order valence-corrected chi connectivity index (χ1v) is 9.07. The molecule has 0 spiro atoms. The highest BCUT2D eigenvalue weighted by molar-refractivity contribution is 5.94. The summed E-state index contributed by atoms with van der Waals surface area (Å²) in [7, 11) is 1.63. The molecule has 0 aliphatic carbocycles. The van der Waals surface area contributed by atoms with Crippen LogP contribution in [0.1, 0.15) is 29.9 Å². The van der Waals surface area contributed by atoms with Crippen molar-refractivity contribution in [1.82, 2.24) is 15.1 Å². The topological polar surface area (TPSA) is 56.1 Å². The maximum absolute atomic E-state index is 12.8. The number of carbonyl (C=O) groups is 1. The number of aryl methyl sites for hydroxylation is 1. The molecule has 0 bridgehead atoms. The molecule has 0 saturated heterocycles. The van der Waals surface area contributed by atoms with Crippen molar-refractivity contribution in [2.24, 2.45) is 5.92 Å². The monoisotopic (exact) mass is 363 g/mol. The van der Waals surface area contributed by atoms with E-state index in [1.165, 1.54) is 0 Å². The van der Waals surface area contributed by atoms with E-state index in [0.717, 1.165) is 28.3 Å². The molecular formula is C22H25N3O2. The first-order valence-electron chi connectivity index (χ1n) is 9.07. The van der Waals surface area contributed by atoms with E-state index in [0.29, 0.717) is 18.2 Å². The molecule has 140 valence electrons. The van der Waals surface area contributed by atoms with E-state index in [-0.39, 0.29) is 5.91 Å². The largest absolute Gasteiger partial charge is 0.497 e. The van der Waals surface area contributed by atoms with Crippen LogP contribution < -0.4 is 10.1 Å². The lowest BCUT2D eigenvalue weighted by molar-refractivity contribution is 0.0941. The van der Waals surface area contributed by atoms with Crippen molar-refractivity contribution in [2.45, 2.75) is 20.8 Å². The molecular weight excluding hydrogens is 338 g/mol. The highest BCUT2D eigenvalue weighted by atomic mass is 16.5. The predicted molar refractivity (Wildman–Crippen MR) is 107 cm³/mol. The molecule has 1 amide bonds. The zero-order valence-electron chi connectivity index (χ0n) is 16.2. The lowest BCUT2D eigenvalue weighted by atomic mass is 10.1. The molecule has 5 heteroatoms. The van der Waals surface area contributed by atoms with Gasteiger partial charge in [-0.1, -0.05) is 38.1 Å². The standard InChI is InChI=1S/C22H25N3O2/c1-15(2)14-23-22(26)21-13-20(17-8-6-10-19(12-17)27-4)24-25(21)18-9-5-7-16(3)11-18/h5-13,15H,14H2,1-4H3,(H,23,26). The number of methoxy groups -OCH3 is 1. The van der Waals surface area contributed by atoms with Crippen molar-refractivity contribution in [3.8, 4) is 22.7 Å². The van der Waals surface area contributed by atoms with Crippen molar-refractivity contribution < 1.29 is 9.53 Å². The van der Waals surface area contributed by atoms with Crippen molar-refractivity contribution in [2.75, 3.05) is 13.7 Å². The second kappa shape index (κ2) is 8.08. The number of nitrogens with zero attached hydrogens (tertiary/aromatic N) is 2. The average molecular weight is 363 g/mol. The third-order valence-corrected chi connectivity index (χ3v) is 4.22. The molecule has 0 fully saturated rings. The van der Waals surface area contributed by atoms with Gasteiger partial charge in [-0.05, 0) is 48.7 Å². The summed E-state index contributed by atoms with van der Waals surface area (Å²) in [4.78, 5) is 12.8. The van der Waals surface area contributed by atoms with Gasteiger partial charge in [0, 0.05) is 12.1 Å². The normalized spacial score (nSPS) is 10.9. The fraction of sp³-hybridized carbons (Fsp3) is 0.273. The second-order valence-corrected chi connectivity index (χ2v) is 7.00. The lowest BCUT2D eigenvalue weighted by Crippen LogP contribution is -2.29. The molecule has 1 N–H and O–H groups in total. The fourth-order valence-electron chi connectivity index (χ4n) is 2.81. The molecule has 0 aliphatic heterocycles. The molecule has 3 aromatic rings. The Labute approximate surface area is 160 Å². The SMILES string of the molecule is COc1cccc(-c2cc(C(=O)NCC(C)C)n(-c3cccc(C)c3)n2)c1. The summed E-state index contributed by atoms with van der Waals surface area (Å²) in [5.74, 6) is 0.998. The Morgan fingerprint density at radius 1 is 1.15 bits per heavy atom. The number of aromatic nitrogens is 2. The van der Waals surface area contributed by atoms with Crippen LogP contribution in [0.3, 0.4) is 0 Å². The number of hydrogen-bond donors (Lipinski definition) is 1. The van der Waals surface area contributed by atoms with Gasteiger partial charge in [0.05, 0.1) is 18.5 Å². The maximum Gasteiger partial charge on any atom is 0.270 e. The minimum absolute atomic E-state index is 0.133. The Hall–Kier alpha value is -3.08. The molecule has 0 atom stereocenters. The van der Waals surface area contributed by atoms with Crippen molar-refractivity contribution in [3.05, 3.63) is 65.9 Å². The molecule has 5 nitrogen and oxygen atoms in total. The maximum atomic E-state index is 12.8. The van der Waals surface area contributed by atoms with Crippen LogP contribution in [0, 0.1) is 12.8 Å². The van der Waals surface area contributed by atoms with Crippen LogP contribution in [0.5, 0.6) is 5.75 Å². The predicted octanol–water partition coefficient (Wildman–Crippen LogP) is 4.24. The summed E-state index contributed by atoms with van der Waals surface area (Å²) >= 11 is 0. The van der Waals surface area contributed by atoms with Gasteiger partial charge in [-0.15, -0.1) is 0 Å². The van der Waals surface area contributed by atoms with Gasteiger partial charge in [-0.2, -0.15) is 5.10 Å². The quantitative estimate of drug-likeness (QED) is 0.713. The third kappa shape index (κ3) is 4.37. The van der Waals surface area contributed by atoms with E-state index < -0.39 is 0 Å². The highest BCUT2D eigenvalue weighted by Gasteiger charge is 2.18. The summed E-state index contributed by atoms with van der Waals surface area (Å²) in [5, 5.41) is 7.70. The van der Waals surface area contributed by atoms with Gasteiger partial charge in [0.1, 0.15) is 11.4 Å². The number of nitrogens with one attached hydrogen (secondary N) is 1. The van der Waals surface area contributed by atoms with Gasteiger partial charge in [0.2, 0.25) is 0 Å². The van der Waals surface area contributed by atoms with Crippen molar-refractivity contribution >= 4 is 5.91 Å². The lowest BCUT2D eigenvalue weighted by Gasteiger charge is -2.10. The van der Waals surface area contributed by atoms with Crippen LogP contribution in [0.15, 0.2) is 54.6 Å². The summed E-state index contributed by atoms with van der Waals surface area (Å²) < 4.78 is 7.02. The van der Waals surface area contributed by atoms with Gasteiger partial charge < -0.3 is 10.1 Å². The molecule has 0 unspecified atom stereocenters. The first-order chi connectivity index (χ1) is 13.0. The number of rotatable bonds is 6. The minimum atomic E-state index is -0.133. The Morgan fingerprint density at radius 2 is 1.93 bits per heavy atom. The van der Waals surface area contributed by atoms with Crippen LogP contribution in [-0.2, 0) is 0 Å². The molecule has 27 heavy (non-hydrogen) atoms. The van der Waals surface area contributed by atoms with Crippen molar-refractivity contribution in [1.29, 1.82) is 0 Å². The van der Waals surface area contributed by atoms with Crippen LogP contribution >= 0.6 is 0 Å². The van der Waals surface area contributed by atoms with Gasteiger partial charge in [-0.3, -0.25) is 4.79 Å². The molecule has 0 saturated carbocycles. The van der Waals surface area contributed by atoms with Gasteiger partial charge >= 0.3 is 0 Å². The molecule has 2 aromatic carbocycles. The van der Waals surface area contributed by atoms with E-state index >= 15 is 0 Å². The van der Waals surface area contributed by atoms with E-state index in [1.54, 1.807) is 11.8 Å².